The van der Waals surface area contributed by atoms with Crippen molar-refractivity contribution in [2.75, 3.05) is 13.1 Å². The van der Waals surface area contributed by atoms with E-state index in [4.69, 9.17) is 0 Å². The molecule has 33 heavy (non-hydrogen) atoms. The zero-order chi connectivity index (χ0) is 23.6. The Morgan fingerprint density at radius 2 is 1.91 bits per heavy atom. The number of hydrogen-bond acceptors (Lipinski definition) is 6. The molecule has 3 fully saturated rings. The second-order valence-corrected chi connectivity index (χ2v) is 12.2. The molecule has 1 atom stereocenters. The highest BCUT2D eigenvalue weighted by molar-refractivity contribution is 7.89. The van der Waals surface area contributed by atoms with Crippen LogP contribution in [0.15, 0.2) is 32.7 Å². The van der Waals surface area contributed by atoms with Gasteiger partial charge in [-0.3, -0.25) is 13.9 Å². The Morgan fingerprint density at radius 1 is 1.18 bits per heavy atom. The highest BCUT2D eigenvalue weighted by Gasteiger charge is 2.42. The highest BCUT2D eigenvalue weighted by atomic mass is 32.2. The number of benzene rings is 1. The van der Waals surface area contributed by atoms with Gasteiger partial charge in [0.2, 0.25) is 10.0 Å². The van der Waals surface area contributed by atoms with Crippen LogP contribution in [0.3, 0.4) is 0 Å². The average Bonchev–Trinajstić information content (AvgIpc) is 3.69. The molecule has 10 heteroatoms. The molecule has 2 heterocycles. The Bertz CT molecular complexity index is 1390. The number of piperidine rings is 1. The standard InChI is InChI=1S/C23H29N5O4S/c1-22(7-8-22)14-27-19-6-5-17(33(31,32)25-23(2)9-10-23)12-18(19)20(29)28(21(27)30)16-4-3-11-26(13-16)15-24/h5-6,12,16,25H,3-4,7-11,13-14H2,1-2H3. The van der Waals surface area contributed by atoms with Gasteiger partial charge in [-0.15, -0.1) is 0 Å². The monoisotopic (exact) mass is 471 g/mol. The van der Waals surface area contributed by atoms with Gasteiger partial charge in [-0.1, -0.05) is 6.92 Å². The number of fused-ring (bicyclic) bond motifs is 1. The minimum atomic E-state index is -3.80. The van der Waals surface area contributed by atoms with E-state index in [1.54, 1.807) is 15.5 Å². The smallest absolute Gasteiger partial charge is 0.309 e. The molecule has 0 bridgehead atoms. The maximum Gasteiger partial charge on any atom is 0.331 e. The Morgan fingerprint density at radius 3 is 2.55 bits per heavy atom. The molecule has 2 aliphatic carbocycles. The van der Waals surface area contributed by atoms with Gasteiger partial charge in [0.1, 0.15) is 0 Å². The van der Waals surface area contributed by atoms with Crippen molar-refractivity contribution in [2.24, 2.45) is 5.41 Å². The Balaban J connectivity index is 1.68. The molecule has 9 nitrogen and oxygen atoms in total. The third-order valence-electron chi connectivity index (χ3n) is 7.38. The summed E-state index contributed by atoms with van der Waals surface area (Å²) in [5, 5.41) is 9.56. The molecule has 3 aliphatic rings. The van der Waals surface area contributed by atoms with Crippen LogP contribution in [0, 0.1) is 16.9 Å². The van der Waals surface area contributed by atoms with Gasteiger partial charge in [-0.05, 0) is 69.1 Å². The van der Waals surface area contributed by atoms with Gasteiger partial charge in [0.15, 0.2) is 6.19 Å². The lowest BCUT2D eigenvalue weighted by Crippen LogP contribution is -2.47. The van der Waals surface area contributed by atoms with Crippen LogP contribution >= 0.6 is 0 Å². The number of nitrogens with zero attached hydrogens (tertiary/aromatic N) is 4. The molecular formula is C23H29N5O4S. The normalized spacial score (nSPS) is 23.3. The maximum atomic E-state index is 13.6. The Labute approximate surface area is 192 Å². The number of hydrogen-bond donors (Lipinski definition) is 1. The summed E-state index contributed by atoms with van der Waals surface area (Å²) < 4.78 is 31.5. The van der Waals surface area contributed by atoms with Crippen molar-refractivity contribution in [3.05, 3.63) is 39.0 Å². The lowest BCUT2D eigenvalue weighted by molar-refractivity contribution is 0.234. The molecule has 1 saturated heterocycles. The van der Waals surface area contributed by atoms with Crippen molar-refractivity contribution < 1.29 is 8.42 Å². The molecule has 0 amide bonds. The molecule has 176 valence electrons. The lowest BCUT2D eigenvalue weighted by Gasteiger charge is -2.30. The van der Waals surface area contributed by atoms with Gasteiger partial charge in [-0.25, -0.2) is 17.9 Å². The SMILES string of the molecule is CC1(Cn2c(=O)n(C3CCCN(C#N)C3)c(=O)c3cc(S(=O)(=O)NC4(C)CC4)ccc32)CC1. The maximum absolute atomic E-state index is 13.6. The van der Waals surface area contributed by atoms with E-state index in [0.717, 1.165) is 25.7 Å². The Kier molecular flexibility index (Phi) is 4.99. The Hall–Kier alpha value is -2.64. The first kappa shape index (κ1) is 22.2. The molecule has 1 N–H and O–H groups in total. The molecule has 0 radical (unpaired) electrons. The topological polar surface area (TPSA) is 117 Å². The first-order chi connectivity index (χ1) is 15.5. The van der Waals surface area contributed by atoms with Crippen molar-refractivity contribution >= 4 is 20.9 Å². The average molecular weight is 472 g/mol. The van der Waals surface area contributed by atoms with Crippen LogP contribution < -0.4 is 16.0 Å². The molecule has 1 aliphatic heterocycles. The number of aromatic nitrogens is 2. The second-order valence-electron chi connectivity index (χ2n) is 10.5. The zero-order valence-corrected chi connectivity index (χ0v) is 19.8. The third kappa shape index (κ3) is 4.08. The molecule has 5 rings (SSSR count). The summed E-state index contributed by atoms with van der Waals surface area (Å²) in [6, 6.07) is 4.03. The minimum Gasteiger partial charge on any atom is -0.309 e. The minimum absolute atomic E-state index is 0.00287. The van der Waals surface area contributed by atoms with Gasteiger partial charge < -0.3 is 4.90 Å². The van der Waals surface area contributed by atoms with E-state index >= 15 is 0 Å². The lowest BCUT2D eigenvalue weighted by atomic mass is 10.1. The van der Waals surface area contributed by atoms with Gasteiger partial charge in [0.25, 0.3) is 5.56 Å². The van der Waals surface area contributed by atoms with Crippen molar-refractivity contribution in [3.8, 4) is 6.19 Å². The summed E-state index contributed by atoms with van der Waals surface area (Å²) in [4.78, 5) is 28.8. The van der Waals surface area contributed by atoms with Gasteiger partial charge >= 0.3 is 5.69 Å². The van der Waals surface area contributed by atoms with Crippen LogP contribution in [-0.2, 0) is 16.6 Å². The third-order valence-corrected chi connectivity index (χ3v) is 9.02. The summed E-state index contributed by atoms with van der Waals surface area (Å²) in [6.45, 7) is 5.34. The van der Waals surface area contributed by atoms with Crippen LogP contribution in [0.25, 0.3) is 10.9 Å². The predicted octanol–water partition coefficient (Wildman–Crippen LogP) is 1.91. The van der Waals surface area contributed by atoms with E-state index in [1.165, 1.54) is 16.7 Å². The van der Waals surface area contributed by atoms with Crippen LogP contribution in [0.5, 0.6) is 0 Å². The number of nitriles is 1. The molecule has 1 aromatic heterocycles. The zero-order valence-electron chi connectivity index (χ0n) is 19.0. The fourth-order valence-electron chi connectivity index (χ4n) is 4.70. The van der Waals surface area contributed by atoms with E-state index < -0.39 is 27.2 Å². The van der Waals surface area contributed by atoms with Crippen LogP contribution in [0.1, 0.15) is 58.4 Å². The predicted molar refractivity (Wildman–Crippen MR) is 123 cm³/mol. The van der Waals surface area contributed by atoms with Crippen molar-refractivity contribution in [3.63, 3.8) is 0 Å². The number of nitrogens with one attached hydrogen (secondary N) is 1. The number of rotatable bonds is 6. The van der Waals surface area contributed by atoms with Crippen molar-refractivity contribution in [1.29, 1.82) is 5.26 Å². The molecule has 2 aromatic rings. The van der Waals surface area contributed by atoms with Gasteiger partial charge in [0, 0.05) is 25.2 Å². The highest BCUT2D eigenvalue weighted by Crippen LogP contribution is 2.46. The summed E-state index contributed by atoms with van der Waals surface area (Å²) in [5.41, 5.74) is -0.858. The second kappa shape index (κ2) is 7.43. The fraction of sp³-hybridized carbons (Fsp3) is 0.609. The van der Waals surface area contributed by atoms with Gasteiger partial charge in [-0.2, -0.15) is 5.26 Å². The summed E-state index contributed by atoms with van der Waals surface area (Å²) in [5.74, 6) is 0. The van der Waals surface area contributed by atoms with E-state index in [9.17, 15) is 23.3 Å². The van der Waals surface area contributed by atoms with E-state index in [1.807, 2.05) is 6.92 Å². The first-order valence-corrected chi connectivity index (χ1v) is 13.0. The molecule has 0 spiro atoms. The summed E-state index contributed by atoms with van der Waals surface area (Å²) >= 11 is 0. The largest absolute Gasteiger partial charge is 0.331 e. The molecule has 2 saturated carbocycles. The number of sulfonamides is 1. The fourth-order valence-corrected chi connectivity index (χ4v) is 6.19. The van der Waals surface area contributed by atoms with Gasteiger partial charge in [0.05, 0.1) is 21.8 Å². The molecule has 1 aromatic carbocycles. The van der Waals surface area contributed by atoms with E-state index in [-0.39, 0.29) is 21.4 Å². The van der Waals surface area contributed by atoms with Crippen molar-refractivity contribution in [1.82, 2.24) is 18.8 Å². The summed E-state index contributed by atoms with van der Waals surface area (Å²) in [7, 11) is -3.80. The van der Waals surface area contributed by atoms with E-state index in [0.29, 0.717) is 38.0 Å². The molecular weight excluding hydrogens is 442 g/mol. The number of likely N-dealkylation sites (tertiary alicyclic amines) is 1. The van der Waals surface area contributed by atoms with Crippen LogP contribution in [-0.4, -0.2) is 41.1 Å². The first-order valence-electron chi connectivity index (χ1n) is 11.5. The van der Waals surface area contributed by atoms with Crippen LogP contribution in [0.2, 0.25) is 0 Å². The molecule has 1 unspecified atom stereocenters. The van der Waals surface area contributed by atoms with Crippen molar-refractivity contribution in [2.45, 2.75) is 75.4 Å². The van der Waals surface area contributed by atoms with E-state index in [2.05, 4.69) is 17.8 Å². The quantitative estimate of drug-likeness (QED) is 0.643. The summed E-state index contributed by atoms with van der Waals surface area (Å²) in [6.07, 6.45) is 7.01. The van der Waals surface area contributed by atoms with Crippen LogP contribution in [0.4, 0.5) is 0 Å².